The van der Waals surface area contributed by atoms with Crippen molar-refractivity contribution in [2.75, 3.05) is 13.2 Å². The summed E-state index contributed by atoms with van der Waals surface area (Å²) >= 11 is 0. The highest BCUT2D eigenvalue weighted by Crippen LogP contribution is 2.14. The normalized spacial score (nSPS) is 10.7. The Bertz CT molecular complexity index is 983. The van der Waals surface area contributed by atoms with Gasteiger partial charge in [0.05, 0.1) is 5.39 Å². The summed E-state index contributed by atoms with van der Waals surface area (Å²) in [7, 11) is 0. The summed E-state index contributed by atoms with van der Waals surface area (Å²) in [5.74, 6) is -0.510. The average molecular weight is 356 g/mol. The van der Waals surface area contributed by atoms with Gasteiger partial charge in [0, 0.05) is 11.9 Å². The predicted molar refractivity (Wildman–Crippen MR) is 93.9 cm³/mol. The van der Waals surface area contributed by atoms with Crippen LogP contribution in [-0.4, -0.2) is 29.0 Å². The Morgan fingerprint density at radius 1 is 1.08 bits per heavy atom. The molecule has 7 heteroatoms. The van der Waals surface area contributed by atoms with Gasteiger partial charge in [-0.05, 0) is 37.3 Å². The molecule has 1 heterocycles. The monoisotopic (exact) mass is 356 g/mol. The van der Waals surface area contributed by atoms with Gasteiger partial charge in [0.25, 0.3) is 5.56 Å². The van der Waals surface area contributed by atoms with Gasteiger partial charge >= 0.3 is 5.97 Å². The zero-order valence-corrected chi connectivity index (χ0v) is 14.1. The largest absolute Gasteiger partial charge is 0.490 e. The second kappa shape index (κ2) is 7.77. The first-order valence-electron chi connectivity index (χ1n) is 8.15. The third-order valence-electron chi connectivity index (χ3n) is 3.76. The summed E-state index contributed by atoms with van der Waals surface area (Å²) in [4.78, 5) is 24.7. The highest BCUT2D eigenvalue weighted by atomic mass is 19.1. The molecule has 0 bridgehead atoms. The van der Waals surface area contributed by atoms with Crippen LogP contribution in [0.2, 0.25) is 0 Å². The number of benzene rings is 2. The molecule has 0 N–H and O–H groups in total. The zero-order chi connectivity index (χ0) is 18.5. The van der Waals surface area contributed by atoms with Gasteiger partial charge in [-0.25, -0.2) is 13.9 Å². The third kappa shape index (κ3) is 3.72. The van der Waals surface area contributed by atoms with Gasteiger partial charge in [-0.15, -0.1) is 0 Å². The molecule has 0 amide bonds. The fraction of sp³-hybridized carbons (Fsp3) is 0.211. The third-order valence-corrected chi connectivity index (χ3v) is 3.76. The van der Waals surface area contributed by atoms with Gasteiger partial charge in [-0.3, -0.25) is 4.79 Å². The van der Waals surface area contributed by atoms with Crippen LogP contribution in [0.15, 0.2) is 53.3 Å². The van der Waals surface area contributed by atoms with Gasteiger partial charge in [0.2, 0.25) is 0 Å². The maximum absolute atomic E-state index is 12.8. The number of hydrogen-bond acceptors (Lipinski definition) is 5. The molecule has 26 heavy (non-hydrogen) atoms. The number of ether oxygens (including phenoxy) is 2. The van der Waals surface area contributed by atoms with Crippen LogP contribution in [0.4, 0.5) is 4.39 Å². The summed E-state index contributed by atoms with van der Waals surface area (Å²) in [5, 5.41) is 4.98. The van der Waals surface area contributed by atoms with Crippen molar-refractivity contribution < 1.29 is 18.7 Å². The summed E-state index contributed by atoms with van der Waals surface area (Å²) < 4.78 is 24.6. The van der Waals surface area contributed by atoms with Gasteiger partial charge in [-0.2, -0.15) is 5.10 Å². The second-order valence-electron chi connectivity index (χ2n) is 5.45. The fourth-order valence-corrected chi connectivity index (χ4v) is 2.49. The second-order valence-corrected chi connectivity index (χ2v) is 5.45. The van der Waals surface area contributed by atoms with E-state index in [0.29, 0.717) is 23.1 Å². The van der Waals surface area contributed by atoms with Gasteiger partial charge in [0.15, 0.2) is 5.69 Å². The molecular weight excluding hydrogens is 339 g/mol. The van der Waals surface area contributed by atoms with Crippen molar-refractivity contribution in [1.82, 2.24) is 9.78 Å². The molecule has 2 aromatic carbocycles. The maximum atomic E-state index is 12.8. The number of hydrogen-bond donors (Lipinski definition) is 0. The number of aryl methyl sites for hydroxylation is 1. The van der Waals surface area contributed by atoms with E-state index in [9.17, 15) is 14.0 Å². The van der Waals surface area contributed by atoms with Crippen LogP contribution in [0.1, 0.15) is 17.4 Å². The highest BCUT2D eigenvalue weighted by Gasteiger charge is 2.17. The summed E-state index contributed by atoms with van der Waals surface area (Å²) in [5.41, 5.74) is -0.164. The molecular formula is C19H17FN2O4. The summed E-state index contributed by atoms with van der Waals surface area (Å²) in [6.45, 7) is 2.23. The first-order chi connectivity index (χ1) is 12.6. The molecule has 0 saturated heterocycles. The topological polar surface area (TPSA) is 70.4 Å². The van der Waals surface area contributed by atoms with Crippen LogP contribution in [0.5, 0.6) is 5.75 Å². The molecule has 6 nitrogen and oxygen atoms in total. The van der Waals surface area contributed by atoms with Crippen molar-refractivity contribution in [3.05, 3.63) is 70.4 Å². The van der Waals surface area contributed by atoms with Crippen LogP contribution in [0.3, 0.4) is 0 Å². The van der Waals surface area contributed by atoms with E-state index in [1.807, 2.05) is 0 Å². The Kier molecular flexibility index (Phi) is 5.26. The van der Waals surface area contributed by atoms with Crippen LogP contribution in [0, 0.1) is 5.82 Å². The highest BCUT2D eigenvalue weighted by molar-refractivity contribution is 6.02. The van der Waals surface area contributed by atoms with E-state index in [4.69, 9.17) is 9.47 Å². The molecule has 0 saturated carbocycles. The van der Waals surface area contributed by atoms with Crippen molar-refractivity contribution in [2.24, 2.45) is 0 Å². The quantitative estimate of drug-likeness (QED) is 0.502. The smallest absolute Gasteiger partial charge is 0.359 e. The molecule has 1 aromatic heterocycles. The molecule has 0 aliphatic heterocycles. The van der Waals surface area contributed by atoms with Crippen molar-refractivity contribution in [1.29, 1.82) is 0 Å². The Hall–Kier alpha value is -3.22. The standard InChI is InChI=1S/C19H17FN2O4/c1-2-22-18(23)16-6-4-3-5-15(16)17(21-22)19(24)26-12-11-25-14-9-7-13(20)8-10-14/h3-10H,2,11-12H2,1H3. The Morgan fingerprint density at radius 3 is 2.46 bits per heavy atom. The van der Waals surface area contributed by atoms with Crippen molar-refractivity contribution >= 4 is 16.7 Å². The van der Waals surface area contributed by atoms with E-state index in [2.05, 4.69) is 5.10 Å². The number of carbonyl (C=O) groups excluding carboxylic acids is 1. The minimum Gasteiger partial charge on any atom is -0.490 e. The lowest BCUT2D eigenvalue weighted by Crippen LogP contribution is -2.26. The van der Waals surface area contributed by atoms with Crippen molar-refractivity contribution in [3.8, 4) is 5.75 Å². The number of aromatic nitrogens is 2. The molecule has 0 atom stereocenters. The first kappa shape index (κ1) is 17.6. The van der Waals surface area contributed by atoms with Crippen LogP contribution in [-0.2, 0) is 11.3 Å². The summed E-state index contributed by atoms with van der Waals surface area (Å²) in [6, 6.07) is 12.3. The van der Waals surface area contributed by atoms with Crippen molar-refractivity contribution in [3.63, 3.8) is 0 Å². The van der Waals surface area contributed by atoms with Gasteiger partial charge < -0.3 is 9.47 Å². The molecule has 0 radical (unpaired) electrons. The van der Waals surface area contributed by atoms with Gasteiger partial charge in [0.1, 0.15) is 24.8 Å². The minimum atomic E-state index is -0.633. The number of rotatable bonds is 6. The number of halogens is 1. The van der Waals surface area contributed by atoms with E-state index < -0.39 is 5.97 Å². The minimum absolute atomic E-state index is 0.00251. The molecule has 0 fully saturated rings. The average Bonchev–Trinajstić information content (AvgIpc) is 2.67. The molecule has 0 aliphatic rings. The molecule has 0 spiro atoms. The number of carbonyl (C=O) groups is 1. The van der Waals surface area contributed by atoms with Crippen molar-refractivity contribution in [2.45, 2.75) is 13.5 Å². The first-order valence-corrected chi connectivity index (χ1v) is 8.15. The Balaban J connectivity index is 1.70. The summed E-state index contributed by atoms with van der Waals surface area (Å²) in [6.07, 6.45) is 0. The zero-order valence-electron chi connectivity index (χ0n) is 14.1. The van der Waals surface area contributed by atoms with E-state index in [1.165, 1.54) is 28.9 Å². The van der Waals surface area contributed by atoms with E-state index in [-0.39, 0.29) is 30.3 Å². The molecule has 3 rings (SSSR count). The number of fused-ring (bicyclic) bond motifs is 1. The number of esters is 1. The maximum Gasteiger partial charge on any atom is 0.359 e. The Labute approximate surface area is 148 Å². The van der Waals surface area contributed by atoms with Crippen LogP contribution in [0.25, 0.3) is 10.8 Å². The molecule has 3 aromatic rings. The van der Waals surface area contributed by atoms with E-state index >= 15 is 0 Å². The van der Waals surface area contributed by atoms with Gasteiger partial charge in [-0.1, -0.05) is 18.2 Å². The van der Waals surface area contributed by atoms with E-state index in [0.717, 1.165) is 0 Å². The lowest BCUT2D eigenvalue weighted by Gasteiger charge is -2.10. The SMILES string of the molecule is CCn1nc(C(=O)OCCOc2ccc(F)cc2)c2ccccc2c1=O. The van der Waals surface area contributed by atoms with E-state index in [1.54, 1.807) is 31.2 Å². The number of nitrogens with zero attached hydrogens (tertiary/aromatic N) is 2. The molecule has 0 aliphatic carbocycles. The lowest BCUT2D eigenvalue weighted by atomic mass is 10.1. The van der Waals surface area contributed by atoms with Crippen LogP contribution < -0.4 is 10.3 Å². The van der Waals surface area contributed by atoms with Crippen LogP contribution >= 0.6 is 0 Å². The molecule has 0 unspecified atom stereocenters. The predicted octanol–water partition coefficient (Wildman–Crippen LogP) is 2.79. The Morgan fingerprint density at radius 2 is 1.77 bits per heavy atom. The lowest BCUT2D eigenvalue weighted by molar-refractivity contribution is 0.0443. The molecule has 134 valence electrons. The fourth-order valence-electron chi connectivity index (χ4n) is 2.49.